The lowest BCUT2D eigenvalue weighted by Gasteiger charge is -2.07. The Morgan fingerprint density at radius 1 is 1.22 bits per heavy atom. The molecule has 3 aromatic rings. The van der Waals surface area contributed by atoms with Gasteiger partial charge in [0.15, 0.2) is 0 Å². The molecule has 5 nitrogen and oxygen atoms in total. The standard InChI is InChI=1S/C13H15N5/c1-3-18-13(14-9-15-18)8-17-10(2)16-11-6-4-5-7-12(11)17/h4-7,9H,3,8H2,1-2H3. The van der Waals surface area contributed by atoms with Crippen molar-refractivity contribution in [1.82, 2.24) is 24.3 Å². The molecule has 0 radical (unpaired) electrons. The summed E-state index contributed by atoms with van der Waals surface area (Å²) in [5.74, 6) is 1.96. The first-order chi connectivity index (χ1) is 8.79. The van der Waals surface area contributed by atoms with Gasteiger partial charge in [0.1, 0.15) is 18.0 Å². The van der Waals surface area contributed by atoms with Crippen molar-refractivity contribution in [1.29, 1.82) is 0 Å². The van der Waals surface area contributed by atoms with Gasteiger partial charge in [-0.15, -0.1) is 0 Å². The summed E-state index contributed by atoms with van der Waals surface area (Å²) in [5, 5.41) is 4.20. The van der Waals surface area contributed by atoms with Crippen molar-refractivity contribution in [3.8, 4) is 0 Å². The maximum Gasteiger partial charge on any atom is 0.146 e. The van der Waals surface area contributed by atoms with E-state index in [2.05, 4.69) is 32.6 Å². The number of aromatic nitrogens is 5. The fourth-order valence-electron chi connectivity index (χ4n) is 2.21. The first-order valence-corrected chi connectivity index (χ1v) is 6.08. The highest BCUT2D eigenvalue weighted by molar-refractivity contribution is 5.75. The van der Waals surface area contributed by atoms with Gasteiger partial charge < -0.3 is 4.57 Å². The van der Waals surface area contributed by atoms with Gasteiger partial charge >= 0.3 is 0 Å². The predicted octanol–water partition coefficient (Wildman–Crippen LogP) is 2.00. The summed E-state index contributed by atoms with van der Waals surface area (Å²) < 4.78 is 4.08. The minimum atomic E-state index is 0.709. The van der Waals surface area contributed by atoms with Gasteiger partial charge in [-0.3, -0.25) is 0 Å². The molecule has 0 saturated heterocycles. The zero-order valence-electron chi connectivity index (χ0n) is 10.5. The van der Waals surface area contributed by atoms with Gasteiger partial charge in [0.25, 0.3) is 0 Å². The Hall–Kier alpha value is -2.17. The second-order valence-electron chi connectivity index (χ2n) is 4.23. The van der Waals surface area contributed by atoms with Crippen molar-refractivity contribution >= 4 is 11.0 Å². The summed E-state index contributed by atoms with van der Waals surface area (Å²) in [7, 11) is 0. The molecular weight excluding hydrogens is 226 g/mol. The van der Waals surface area contributed by atoms with Gasteiger partial charge in [-0.25, -0.2) is 14.6 Å². The van der Waals surface area contributed by atoms with Crippen LogP contribution in [0.1, 0.15) is 18.6 Å². The van der Waals surface area contributed by atoms with E-state index in [1.807, 2.05) is 29.8 Å². The minimum Gasteiger partial charge on any atom is -0.320 e. The monoisotopic (exact) mass is 241 g/mol. The van der Waals surface area contributed by atoms with Gasteiger partial charge in [0, 0.05) is 6.54 Å². The third-order valence-corrected chi connectivity index (χ3v) is 3.14. The minimum absolute atomic E-state index is 0.709. The molecule has 0 aliphatic carbocycles. The summed E-state index contributed by atoms with van der Waals surface area (Å²) in [6.07, 6.45) is 1.60. The normalized spacial score (nSPS) is 11.2. The van der Waals surface area contributed by atoms with E-state index >= 15 is 0 Å². The highest BCUT2D eigenvalue weighted by Gasteiger charge is 2.10. The molecule has 0 atom stereocenters. The van der Waals surface area contributed by atoms with Gasteiger partial charge in [0.2, 0.25) is 0 Å². The van der Waals surface area contributed by atoms with Crippen LogP contribution in [-0.4, -0.2) is 24.3 Å². The quantitative estimate of drug-likeness (QED) is 0.704. The van der Waals surface area contributed by atoms with Crippen LogP contribution in [0.4, 0.5) is 0 Å². The van der Waals surface area contributed by atoms with Gasteiger partial charge in [0.05, 0.1) is 17.6 Å². The number of para-hydroxylation sites is 2. The maximum atomic E-state index is 4.55. The number of imidazole rings is 1. The van der Waals surface area contributed by atoms with Crippen molar-refractivity contribution < 1.29 is 0 Å². The molecule has 5 heteroatoms. The fraction of sp³-hybridized carbons (Fsp3) is 0.308. The molecule has 0 bridgehead atoms. The van der Waals surface area contributed by atoms with E-state index in [-0.39, 0.29) is 0 Å². The molecule has 18 heavy (non-hydrogen) atoms. The average molecular weight is 241 g/mol. The highest BCUT2D eigenvalue weighted by atomic mass is 15.3. The van der Waals surface area contributed by atoms with Gasteiger partial charge in [-0.2, -0.15) is 5.10 Å². The largest absolute Gasteiger partial charge is 0.320 e. The van der Waals surface area contributed by atoms with Crippen LogP contribution in [0.5, 0.6) is 0 Å². The summed E-state index contributed by atoms with van der Waals surface area (Å²) in [6.45, 7) is 5.63. The number of benzene rings is 1. The van der Waals surface area contributed by atoms with Crippen LogP contribution >= 0.6 is 0 Å². The van der Waals surface area contributed by atoms with E-state index in [0.717, 1.165) is 29.2 Å². The maximum absolute atomic E-state index is 4.55. The average Bonchev–Trinajstić information content (AvgIpc) is 2.95. The van der Waals surface area contributed by atoms with Crippen LogP contribution in [0.25, 0.3) is 11.0 Å². The first kappa shape index (κ1) is 11.0. The Bertz CT molecular complexity index is 680. The molecule has 2 heterocycles. The number of fused-ring (bicyclic) bond motifs is 1. The molecule has 0 unspecified atom stereocenters. The van der Waals surface area contributed by atoms with Crippen molar-refractivity contribution in [2.45, 2.75) is 26.9 Å². The number of hydrogen-bond donors (Lipinski definition) is 0. The number of rotatable bonds is 3. The fourth-order valence-corrected chi connectivity index (χ4v) is 2.21. The zero-order valence-corrected chi connectivity index (χ0v) is 10.5. The number of nitrogens with zero attached hydrogens (tertiary/aromatic N) is 5. The van der Waals surface area contributed by atoms with E-state index in [9.17, 15) is 0 Å². The van der Waals surface area contributed by atoms with Crippen LogP contribution in [0, 0.1) is 6.92 Å². The summed E-state index contributed by atoms with van der Waals surface area (Å²) >= 11 is 0. The Kier molecular flexibility index (Phi) is 2.59. The van der Waals surface area contributed by atoms with Crippen LogP contribution in [0.3, 0.4) is 0 Å². The van der Waals surface area contributed by atoms with Crippen LogP contribution in [0.2, 0.25) is 0 Å². The SMILES string of the molecule is CCn1ncnc1Cn1c(C)nc2ccccc21. The van der Waals surface area contributed by atoms with Crippen molar-refractivity contribution in [3.05, 3.63) is 42.2 Å². The van der Waals surface area contributed by atoms with Crippen molar-refractivity contribution in [2.24, 2.45) is 0 Å². The van der Waals surface area contributed by atoms with Crippen LogP contribution in [0.15, 0.2) is 30.6 Å². The molecule has 0 aliphatic rings. The lowest BCUT2D eigenvalue weighted by Crippen LogP contribution is -2.10. The molecule has 0 amide bonds. The molecule has 0 fully saturated rings. The van der Waals surface area contributed by atoms with E-state index in [1.54, 1.807) is 6.33 Å². The lowest BCUT2D eigenvalue weighted by molar-refractivity contribution is 0.592. The Balaban J connectivity index is 2.07. The first-order valence-electron chi connectivity index (χ1n) is 6.08. The summed E-state index contributed by atoms with van der Waals surface area (Å²) in [5.41, 5.74) is 2.17. The molecule has 0 aliphatic heterocycles. The molecular formula is C13H15N5. The van der Waals surface area contributed by atoms with Crippen molar-refractivity contribution in [2.75, 3.05) is 0 Å². The second-order valence-corrected chi connectivity index (χ2v) is 4.23. The Morgan fingerprint density at radius 2 is 2.06 bits per heavy atom. The molecule has 92 valence electrons. The van der Waals surface area contributed by atoms with E-state index in [4.69, 9.17) is 0 Å². The van der Waals surface area contributed by atoms with Gasteiger partial charge in [-0.1, -0.05) is 12.1 Å². The van der Waals surface area contributed by atoms with Crippen LogP contribution < -0.4 is 0 Å². The third-order valence-electron chi connectivity index (χ3n) is 3.14. The smallest absolute Gasteiger partial charge is 0.146 e. The molecule has 0 N–H and O–H groups in total. The van der Waals surface area contributed by atoms with E-state index in [0.29, 0.717) is 6.54 Å². The van der Waals surface area contributed by atoms with Gasteiger partial charge in [-0.05, 0) is 26.0 Å². The van der Waals surface area contributed by atoms with E-state index < -0.39 is 0 Å². The molecule has 1 aromatic carbocycles. The zero-order chi connectivity index (χ0) is 12.5. The lowest BCUT2D eigenvalue weighted by atomic mass is 10.3. The Morgan fingerprint density at radius 3 is 2.89 bits per heavy atom. The predicted molar refractivity (Wildman–Crippen MR) is 69.3 cm³/mol. The molecule has 0 spiro atoms. The molecule has 3 rings (SSSR count). The second kappa shape index (κ2) is 4.25. The number of aryl methyl sites for hydroxylation is 2. The topological polar surface area (TPSA) is 48.5 Å². The van der Waals surface area contributed by atoms with Crippen molar-refractivity contribution in [3.63, 3.8) is 0 Å². The Labute approximate surface area is 105 Å². The summed E-state index contributed by atoms with van der Waals surface area (Å²) in [6, 6.07) is 8.16. The molecule has 2 aromatic heterocycles. The highest BCUT2D eigenvalue weighted by Crippen LogP contribution is 2.16. The third kappa shape index (κ3) is 1.68. The van der Waals surface area contributed by atoms with Crippen LogP contribution in [-0.2, 0) is 13.1 Å². The van der Waals surface area contributed by atoms with E-state index in [1.165, 1.54) is 0 Å². The molecule has 0 saturated carbocycles. The summed E-state index contributed by atoms with van der Waals surface area (Å²) in [4.78, 5) is 8.87. The number of hydrogen-bond acceptors (Lipinski definition) is 3.